The van der Waals surface area contributed by atoms with Crippen LogP contribution in [0.25, 0.3) is 6.08 Å². The van der Waals surface area contributed by atoms with E-state index < -0.39 is 0 Å². The van der Waals surface area contributed by atoms with E-state index in [-0.39, 0.29) is 0 Å². The first-order valence-electron chi connectivity index (χ1n) is 4.41. The molecule has 14 heavy (non-hydrogen) atoms. The molecule has 0 aliphatic carbocycles. The van der Waals surface area contributed by atoms with E-state index in [4.69, 9.17) is 22.1 Å². The molecule has 0 bridgehead atoms. The highest BCUT2D eigenvalue weighted by Crippen LogP contribution is 2.22. The Kier molecular flexibility index (Phi) is 4.50. The van der Waals surface area contributed by atoms with Crippen LogP contribution in [0, 0.1) is 0 Å². The zero-order valence-electron chi connectivity index (χ0n) is 8.16. The molecule has 3 heteroatoms. The Morgan fingerprint density at radius 2 is 2.29 bits per heavy atom. The second-order valence-corrected chi connectivity index (χ2v) is 3.11. The molecule has 2 N–H and O–H groups in total. The summed E-state index contributed by atoms with van der Waals surface area (Å²) in [4.78, 5) is 0. The maximum atomic E-state index is 5.79. The molecule has 0 unspecified atom stereocenters. The molecular formula is C11H14ClNO. The zero-order chi connectivity index (χ0) is 10.4. The quantitative estimate of drug-likeness (QED) is 0.777. The number of halogens is 1. The number of hydrogen-bond acceptors (Lipinski definition) is 2. The fourth-order valence-corrected chi connectivity index (χ4v) is 1.42. The normalized spacial score (nSPS) is 10.8. The van der Waals surface area contributed by atoms with E-state index in [2.05, 4.69) is 0 Å². The average molecular weight is 212 g/mol. The van der Waals surface area contributed by atoms with Gasteiger partial charge in [0, 0.05) is 12.1 Å². The van der Waals surface area contributed by atoms with Gasteiger partial charge in [0.2, 0.25) is 0 Å². The van der Waals surface area contributed by atoms with Gasteiger partial charge in [-0.25, -0.2) is 0 Å². The summed E-state index contributed by atoms with van der Waals surface area (Å²) in [6.07, 6.45) is 3.87. The SMILES string of the molecule is COc1ccc(C=CCN)cc1CCl. The van der Waals surface area contributed by atoms with Gasteiger partial charge >= 0.3 is 0 Å². The van der Waals surface area contributed by atoms with Crippen molar-refractivity contribution in [2.24, 2.45) is 5.73 Å². The van der Waals surface area contributed by atoms with E-state index in [1.54, 1.807) is 7.11 Å². The van der Waals surface area contributed by atoms with Crippen molar-refractivity contribution in [3.05, 3.63) is 35.4 Å². The smallest absolute Gasteiger partial charge is 0.123 e. The first-order valence-corrected chi connectivity index (χ1v) is 4.94. The Hall–Kier alpha value is -0.990. The van der Waals surface area contributed by atoms with E-state index in [9.17, 15) is 0 Å². The minimum Gasteiger partial charge on any atom is -0.496 e. The van der Waals surface area contributed by atoms with E-state index >= 15 is 0 Å². The van der Waals surface area contributed by atoms with Crippen LogP contribution in [0.2, 0.25) is 0 Å². The van der Waals surface area contributed by atoms with Crippen molar-refractivity contribution < 1.29 is 4.74 Å². The maximum Gasteiger partial charge on any atom is 0.123 e. The highest BCUT2D eigenvalue weighted by atomic mass is 35.5. The Balaban J connectivity index is 2.95. The monoisotopic (exact) mass is 211 g/mol. The number of hydrogen-bond donors (Lipinski definition) is 1. The molecule has 1 aromatic rings. The van der Waals surface area contributed by atoms with Gasteiger partial charge in [0.1, 0.15) is 5.75 Å². The van der Waals surface area contributed by atoms with Crippen molar-refractivity contribution in [2.45, 2.75) is 5.88 Å². The summed E-state index contributed by atoms with van der Waals surface area (Å²) < 4.78 is 5.16. The average Bonchev–Trinajstić information content (AvgIpc) is 2.25. The summed E-state index contributed by atoms with van der Waals surface area (Å²) in [6.45, 7) is 0.544. The first kappa shape index (κ1) is 11.1. The summed E-state index contributed by atoms with van der Waals surface area (Å²) in [6, 6.07) is 5.88. The van der Waals surface area contributed by atoms with Gasteiger partial charge in [0.15, 0.2) is 0 Å². The van der Waals surface area contributed by atoms with Crippen LogP contribution in [0.3, 0.4) is 0 Å². The first-order chi connectivity index (χ1) is 6.81. The van der Waals surface area contributed by atoms with Gasteiger partial charge < -0.3 is 10.5 Å². The third kappa shape index (κ3) is 2.76. The van der Waals surface area contributed by atoms with Gasteiger partial charge in [-0.2, -0.15) is 0 Å². The van der Waals surface area contributed by atoms with Gasteiger partial charge in [-0.1, -0.05) is 18.2 Å². The lowest BCUT2D eigenvalue weighted by atomic mass is 10.1. The van der Waals surface area contributed by atoms with Crippen molar-refractivity contribution in [1.82, 2.24) is 0 Å². The zero-order valence-corrected chi connectivity index (χ0v) is 8.92. The molecule has 0 fully saturated rings. The third-order valence-corrected chi connectivity index (χ3v) is 2.18. The van der Waals surface area contributed by atoms with Crippen LogP contribution in [0.5, 0.6) is 5.75 Å². The van der Waals surface area contributed by atoms with Gasteiger partial charge in [-0.3, -0.25) is 0 Å². The lowest BCUT2D eigenvalue weighted by Gasteiger charge is -2.06. The van der Waals surface area contributed by atoms with E-state index in [1.165, 1.54) is 0 Å². The topological polar surface area (TPSA) is 35.2 Å². The number of rotatable bonds is 4. The third-order valence-electron chi connectivity index (χ3n) is 1.89. The second-order valence-electron chi connectivity index (χ2n) is 2.84. The van der Waals surface area contributed by atoms with Crippen molar-refractivity contribution in [1.29, 1.82) is 0 Å². The van der Waals surface area contributed by atoms with Crippen molar-refractivity contribution in [3.63, 3.8) is 0 Å². The largest absolute Gasteiger partial charge is 0.496 e. The molecule has 2 nitrogen and oxygen atoms in total. The highest BCUT2D eigenvalue weighted by molar-refractivity contribution is 6.17. The van der Waals surface area contributed by atoms with Crippen molar-refractivity contribution in [2.75, 3.05) is 13.7 Å². The van der Waals surface area contributed by atoms with E-state index in [0.29, 0.717) is 12.4 Å². The van der Waals surface area contributed by atoms with Crippen LogP contribution >= 0.6 is 11.6 Å². The van der Waals surface area contributed by atoms with Crippen LogP contribution in [-0.4, -0.2) is 13.7 Å². The molecule has 0 atom stereocenters. The summed E-state index contributed by atoms with van der Waals surface area (Å²) >= 11 is 5.79. The highest BCUT2D eigenvalue weighted by Gasteiger charge is 2.01. The molecule has 0 aliphatic rings. The molecular weight excluding hydrogens is 198 g/mol. The fraction of sp³-hybridized carbons (Fsp3) is 0.273. The standard InChI is InChI=1S/C11H14ClNO/c1-14-11-5-4-9(3-2-6-13)7-10(11)8-12/h2-5,7H,6,8,13H2,1H3. The van der Waals surface area contributed by atoms with E-state index in [1.807, 2.05) is 30.4 Å². The predicted octanol–water partition coefficient (Wildman–Crippen LogP) is 2.41. The molecule has 0 spiro atoms. The van der Waals surface area contributed by atoms with Crippen LogP contribution in [0.4, 0.5) is 0 Å². The van der Waals surface area contributed by atoms with Gasteiger partial charge in [0.25, 0.3) is 0 Å². The number of methoxy groups -OCH3 is 1. The minimum atomic E-state index is 0.452. The predicted molar refractivity (Wildman–Crippen MR) is 60.6 cm³/mol. The molecule has 1 aromatic carbocycles. The molecule has 76 valence electrons. The van der Waals surface area contributed by atoms with Gasteiger partial charge in [0.05, 0.1) is 13.0 Å². The summed E-state index contributed by atoms with van der Waals surface area (Å²) in [5.74, 6) is 1.28. The molecule has 0 amide bonds. The summed E-state index contributed by atoms with van der Waals surface area (Å²) in [5.41, 5.74) is 7.45. The van der Waals surface area contributed by atoms with Crippen molar-refractivity contribution >= 4 is 17.7 Å². The Labute approximate surface area is 89.3 Å². The Bertz CT molecular complexity index is 323. The van der Waals surface area contributed by atoms with Crippen LogP contribution in [0.15, 0.2) is 24.3 Å². The number of nitrogens with two attached hydrogens (primary N) is 1. The molecule has 0 saturated carbocycles. The van der Waals surface area contributed by atoms with Gasteiger partial charge in [-0.15, -0.1) is 11.6 Å². The number of alkyl halides is 1. The lowest BCUT2D eigenvalue weighted by Crippen LogP contribution is -1.93. The molecule has 0 heterocycles. The fourth-order valence-electron chi connectivity index (χ4n) is 1.21. The lowest BCUT2D eigenvalue weighted by molar-refractivity contribution is 0.411. The molecule has 0 aliphatic heterocycles. The molecule has 0 radical (unpaired) electrons. The second kappa shape index (κ2) is 5.68. The van der Waals surface area contributed by atoms with E-state index in [0.717, 1.165) is 16.9 Å². The van der Waals surface area contributed by atoms with Crippen LogP contribution in [-0.2, 0) is 5.88 Å². The molecule has 0 aromatic heterocycles. The summed E-state index contributed by atoms with van der Waals surface area (Å²) in [5, 5.41) is 0. The van der Waals surface area contributed by atoms with Crippen LogP contribution < -0.4 is 10.5 Å². The number of benzene rings is 1. The molecule has 1 rings (SSSR count). The Morgan fingerprint density at radius 1 is 1.50 bits per heavy atom. The van der Waals surface area contributed by atoms with Crippen molar-refractivity contribution in [3.8, 4) is 5.75 Å². The number of ether oxygens (including phenoxy) is 1. The van der Waals surface area contributed by atoms with Gasteiger partial charge in [-0.05, 0) is 17.7 Å². The maximum absolute atomic E-state index is 5.79. The molecule has 0 saturated heterocycles. The Morgan fingerprint density at radius 3 is 2.86 bits per heavy atom. The van der Waals surface area contributed by atoms with Crippen LogP contribution in [0.1, 0.15) is 11.1 Å². The summed E-state index contributed by atoms with van der Waals surface area (Å²) in [7, 11) is 1.64. The minimum absolute atomic E-state index is 0.452.